The van der Waals surface area contributed by atoms with Gasteiger partial charge in [0.1, 0.15) is 0 Å². The zero-order chi connectivity index (χ0) is 13.3. The van der Waals surface area contributed by atoms with Crippen molar-refractivity contribution in [3.8, 4) is 0 Å². The third-order valence-corrected chi connectivity index (χ3v) is 3.00. The minimum absolute atomic E-state index is 0.0462. The van der Waals surface area contributed by atoms with Crippen LogP contribution in [0.3, 0.4) is 0 Å². The second-order valence-corrected chi connectivity index (χ2v) is 4.09. The molecule has 0 aliphatic rings. The van der Waals surface area contributed by atoms with Gasteiger partial charge in [0.15, 0.2) is 0 Å². The zero-order valence-corrected chi connectivity index (χ0v) is 10.5. The number of anilines is 1. The number of nitro benzene ring substituents is 1. The molecule has 0 fully saturated rings. The Morgan fingerprint density at radius 1 is 1.56 bits per heavy atom. The van der Waals surface area contributed by atoms with Gasteiger partial charge in [-0.3, -0.25) is 10.1 Å². The molecule has 1 unspecified atom stereocenters. The Morgan fingerprint density at radius 3 is 2.89 bits per heavy atom. The summed E-state index contributed by atoms with van der Waals surface area (Å²) in [6.45, 7) is 2.00. The highest BCUT2D eigenvalue weighted by atomic mass is 16.6. The number of H-pyrrole nitrogens is 1. The number of hydrogen-bond donors (Lipinski definition) is 2. The Bertz CT molecular complexity index is 580. The summed E-state index contributed by atoms with van der Waals surface area (Å²) < 4.78 is 0. The molecule has 0 amide bonds. The number of non-ortho nitro benzene ring substituents is 1. The molecule has 96 valence electrons. The molecule has 0 aliphatic heterocycles. The molecule has 2 aromatic rings. The largest absolute Gasteiger partial charge is 0.330 e. The maximum Gasteiger partial charge on any atom is 0.271 e. The first kappa shape index (κ1) is 12.3. The number of fused-ring (bicyclic) bond motifs is 1. The second kappa shape index (κ2) is 4.61. The Morgan fingerprint density at radius 2 is 2.28 bits per heavy atom. The summed E-state index contributed by atoms with van der Waals surface area (Å²) in [4.78, 5) is 19.7. The van der Waals surface area contributed by atoms with Crippen LogP contribution < -0.4 is 10.2 Å². The molecule has 7 heteroatoms. The normalized spacial score (nSPS) is 12.6. The maximum absolute atomic E-state index is 10.7. The van der Waals surface area contributed by atoms with Crippen molar-refractivity contribution < 1.29 is 4.92 Å². The number of rotatable bonds is 4. The number of nitro groups is 1. The van der Waals surface area contributed by atoms with Crippen molar-refractivity contribution in [3.63, 3.8) is 0 Å². The summed E-state index contributed by atoms with van der Waals surface area (Å²) in [5.41, 5.74) is 1.42. The molecule has 1 aromatic heterocycles. The average molecular weight is 249 g/mol. The molecular formula is C11H15N5O2. The minimum Gasteiger partial charge on any atom is -0.330 e. The molecule has 0 spiro atoms. The molecule has 2 N–H and O–H groups in total. The molecule has 1 aromatic carbocycles. The van der Waals surface area contributed by atoms with E-state index in [4.69, 9.17) is 0 Å². The SMILES string of the molecule is CNC(C)N(C)c1nc2cc([N+](=O)[O-])ccc2[nH]1. The van der Waals surface area contributed by atoms with Crippen LogP contribution in [0, 0.1) is 10.1 Å². The summed E-state index contributed by atoms with van der Waals surface area (Å²) in [5, 5.41) is 13.8. The van der Waals surface area contributed by atoms with E-state index >= 15 is 0 Å². The van der Waals surface area contributed by atoms with Gasteiger partial charge < -0.3 is 15.2 Å². The van der Waals surface area contributed by atoms with Gasteiger partial charge in [-0.05, 0) is 20.0 Å². The zero-order valence-electron chi connectivity index (χ0n) is 10.5. The van der Waals surface area contributed by atoms with Crippen LogP contribution >= 0.6 is 0 Å². The van der Waals surface area contributed by atoms with Gasteiger partial charge in [0.25, 0.3) is 5.69 Å². The number of aromatic nitrogens is 2. The molecule has 0 saturated heterocycles. The van der Waals surface area contributed by atoms with Gasteiger partial charge in [-0.2, -0.15) is 0 Å². The van der Waals surface area contributed by atoms with Gasteiger partial charge in [-0.25, -0.2) is 4.98 Å². The van der Waals surface area contributed by atoms with Gasteiger partial charge in [0.2, 0.25) is 5.95 Å². The van der Waals surface area contributed by atoms with Gasteiger partial charge >= 0.3 is 0 Å². The fourth-order valence-electron chi connectivity index (χ4n) is 1.64. The van der Waals surface area contributed by atoms with E-state index in [0.717, 1.165) is 5.52 Å². The predicted molar refractivity (Wildman–Crippen MR) is 69.7 cm³/mol. The Balaban J connectivity index is 2.41. The topological polar surface area (TPSA) is 87.1 Å². The fraction of sp³-hybridized carbons (Fsp3) is 0.364. The predicted octanol–water partition coefficient (Wildman–Crippen LogP) is 1.47. The lowest BCUT2D eigenvalue weighted by Gasteiger charge is -2.23. The molecule has 1 atom stereocenters. The molecule has 0 bridgehead atoms. The summed E-state index contributed by atoms with van der Waals surface area (Å²) in [6, 6.07) is 4.60. The monoisotopic (exact) mass is 249 g/mol. The van der Waals surface area contributed by atoms with E-state index in [1.54, 1.807) is 6.07 Å². The minimum atomic E-state index is -0.423. The highest BCUT2D eigenvalue weighted by Gasteiger charge is 2.14. The van der Waals surface area contributed by atoms with E-state index < -0.39 is 4.92 Å². The van der Waals surface area contributed by atoms with Crippen molar-refractivity contribution in [1.29, 1.82) is 0 Å². The molecule has 18 heavy (non-hydrogen) atoms. The summed E-state index contributed by atoms with van der Waals surface area (Å²) in [7, 11) is 3.75. The van der Waals surface area contributed by atoms with Crippen molar-refractivity contribution in [2.45, 2.75) is 13.1 Å². The molecular weight excluding hydrogens is 234 g/mol. The van der Waals surface area contributed by atoms with Crippen molar-refractivity contribution in [1.82, 2.24) is 15.3 Å². The molecule has 0 radical (unpaired) electrons. The smallest absolute Gasteiger partial charge is 0.271 e. The Hall–Kier alpha value is -2.15. The van der Waals surface area contributed by atoms with E-state index in [9.17, 15) is 10.1 Å². The van der Waals surface area contributed by atoms with E-state index in [2.05, 4.69) is 15.3 Å². The number of nitrogens with zero attached hydrogens (tertiary/aromatic N) is 3. The first-order valence-corrected chi connectivity index (χ1v) is 5.57. The Kier molecular flexibility index (Phi) is 3.15. The van der Waals surface area contributed by atoms with Crippen molar-refractivity contribution in [3.05, 3.63) is 28.3 Å². The number of nitrogens with one attached hydrogen (secondary N) is 2. The summed E-state index contributed by atoms with van der Waals surface area (Å²) >= 11 is 0. The second-order valence-electron chi connectivity index (χ2n) is 4.09. The molecule has 0 aliphatic carbocycles. The van der Waals surface area contributed by atoms with Crippen molar-refractivity contribution in [2.24, 2.45) is 0 Å². The van der Waals surface area contributed by atoms with E-state index in [0.29, 0.717) is 11.5 Å². The summed E-state index contributed by atoms with van der Waals surface area (Å²) in [6.07, 6.45) is 0.112. The first-order chi connectivity index (χ1) is 8.52. The quantitative estimate of drug-likeness (QED) is 0.487. The van der Waals surface area contributed by atoms with E-state index in [-0.39, 0.29) is 11.9 Å². The number of aromatic amines is 1. The highest BCUT2D eigenvalue weighted by molar-refractivity contribution is 5.80. The van der Waals surface area contributed by atoms with Crippen molar-refractivity contribution in [2.75, 3.05) is 19.0 Å². The lowest BCUT2D eigenvalue weighted by Crippen LogP contribution is -2.39. The number of hydrogen-bond acceptors (Lipinski definition) is 5. The van der Waals surface area contributed by atoms with E-state index in [1.165, 1.54) is 12.1 Å². The lowest BCUT2D eigenvalue weighted by atomic mass is 10.3. The Labute approximate surface area is 104 Å². The molecule has 1 heterocycles. The third-order valence-electron chi connectivity index (χ3n) is 3.00. The van der Waals surface area contributed by atoms with Crippen LogP contribution in [0.15, 0.2) is 18.2 Å². The molecule has 0 saturated carbocycles. The average Bonchev–Trinajstić information content (AvgIpc) is 2.79. The van der Waals surface area contributed by atoms with Crippen LogP contribution in [0.1, 0.15) is 6.92 Å². The van der Waals surface area contributed by atoms with Crippen LogP contribution in [0.5, 0.6) is 0 Å². The summed E-state index contributed by atoms with van der Waals surface area (Å²) in [5.74, 6) is 0.673. The number of imidazole rings is 1. The van der Waals surface area contributed by atoms with Crippen LogP contribution in [-0.2, 0) is 0 Å². The standard InChI is InChI=1S/C11H15N5O2/c1-7(12-2)15(3)11-13-9-5-4-8(16(17)18)6-10(9)14-11/h4-7,12H,1-3H3,(H,13,14). The fourth-order valence-corrected chi connectivity index (χ4v) is 1.64. The van der Waals surface area contributed by atoms with Gasteiger partial charge in [0, 0.05) is 19.2 Å². The first-order valence-electron chi connectivity index (χ1n) is 5.57. The lowest BCUT2D eigenvalue weighted by molar-refractivity contribution is -0.384. The van der Waals surface area contributed by atoms with Crippen LogP contribution in [-0.4, -0.2) is 35.2 Å². The number of benzene rings is 1. The third kappa shape index (κ3) is 2.12. The van der Waals surface area contributed by atoms with Crippen LogP contribution in [0.25, 0.3) is 11.0 Å². The maximum atomic E-state index is 10.7. The van der Waals surface area contributed by atoms with Crippen molar-refractivity contribution >= 4 is 22.7 Å². The van der Waals surface area contributed by atoms with Gasteiger partial charge in [-0.1, -0.05) is 0 Å². The van der Waals surface area contributed by atoms with Gasteiger partial charge in [0.05, 0.1) is 22.1 Å². The van der Waals surface area contributed by atoms with Crippen LogP contribution in [0.2, 0.25) is 0 Å². The molecule has 7 nitrogen and oxygen atoms in total. The van der Waals surface area contributed by atoms with E-state index in [1.807, 2.05) is 25.9 Å². The van der Waals surface area contributed by atoms with Crippen LogP contribution in [0.4, 0.5) is 11.6 Å². The highest BCUT2D eigenvalue weighted by Crippen LogP contribution is 2.22. The van der Waals surface area contributed by atoms with Gasteiger partial charge in [-0.15, -0.1) is 0 Å². The molecule has 2 rings (SSSR count).